The highest BCUT2D eigenvalue weighted by Crippen LogP contribution is 2.25. The van der Waals surface area contributed by atoms with E-state index in [0.29, 0.717) is 5.92 Å². The molecule has 0 amide bonds. The molecule has 5 rings (SSSR count). The van der Waals surface area contributed by atoms with Crippen LogP contribution in [-0.2, 0) is 13.0 Å². The van der Waals surface area contributed by atoms with Crippen molar-refractivity contribution < 1.29 is 0 Å². The van der Waals surface area contributed by atoms with Gasteiger partial charge in [0.2, 0.25) is 0 Å². The number of hydrogen-bond acceptors (Lipinski definition) is 4. The molecule has 1 fully saturated rings. The van der Waals surface area contributed by atoms with E-state index in [2.05, 4.69) is 60.2 Å². The second-order valence-corrected chi connectivity index (χ2v) is 7.64. The van der Waals surface area contributed by atoms with Crippen LogP contribution in [0.3, 0.4) is 0 Å². The minimum Gasteiger partial charge on any atom is -0.361 e. The van der Waals surface area contributed by atoms with Crippen LogP contribution in [0.1, 0.15) is 24.1 Å². The maximum absolute atomic E-state index is 4.51. The Kier molecular flexibility index (Phi) is 4.62. The number of rotatable bonds is 5. The zero-order valence-corrected chi connectivity index (χ0v) is 15.8. The molecule has 6 nitrogen and oxygen atoms in total. The Balaban J connectivity index is 1.27. The minimum absolute atomic E-state index is 0.624. The maximum atomic E-state index is 4.51. The van der Waals surface area contributed by atoms with E-state index in [9.17, 15) is 0 Å². The third-order valence-corrected chi connectivity index (χ3v) is 5.64. The summed E-state index contributed by atoms with van der Waals surface area (Å²) in [5.41, 5.74) is 4.59. The molecule has 4 heterocycles. The molecule has 0 bridgehead atoms. The summed E-state index contributed by atoms with van der Waals surface area (Å²) in [5.74, 6) is 1.42. The summed E-state index contributed by atoms with van der Waals surface area (Å²) < 4.78 is 0. The van der Waals surface area contributed by atoms with Crippen molar-refractivity contribution in [3.05, 3.63) is 66.5 Å². The Labute approximate surface area is 164 Å². The normalized spacial score (nSPS) is 17.9. The van der Waals surface area contributed by atoms with Crippen LogP contribution in [0.5, 0.6) is 0 Å². The van der Waals surface area contributed by atoms with Crippen molar-refractivity contribution in [2.75, 3.05) is 13.1 Å². The first-order valence-corrected chi connectivity index (χ1v) is 9.93. The molecule has 2 N–H and O–H groups in total. The lowest BCUT2D eigenvalue weighted by molar-refractivity contribution is 0.167. The van der Waals surface area contributed by atoms with E-state index in [-0.39, 0.29) is 0 Å². The standard InChI is InChI=1S/C22H24N6/c1-4-17(19-6-7-23-20(19)5-1)14-28-10-2-3-16(13-28)11-18-12-21(27-15-26-18)22-24-8-9-25-22/h1,4-9,12,15-16,23H,2-3,10-11,13-14H2,(H,24,25). The number of nitrogens with one attached hydrogen (secondary N) is 2. The van der Waals surface area contributed by atoms with Crippen molar-refractivity contribution in [1.29, 1.82) is 0 Å². The van der Waals surface area contributed by atoms with Crippen molar-refractivity contribution in [3.63, 3.8) is 0 Å². The van der Waals surface area contributed by atoms with Crippen LogP contribution < -0.4 is 0 Å². The van der Waals surface area contributed by atoms with E-state index >= 15 is 0 Å². The van der Waals surface area contributed by atoms with E-state index < -0.39 is 0 Å². The Morgan fingerprint density at radius 2 is 2.07 bits per heavy atom. The Morgan fingerprint density at radius 1 is 1.07 bits per heavy atom. The highest BCUT2D eigenvalue weighted by molar-refractivity contribution is 5.82. The van der Waals surface area contributed by atoms with Gasteiger partial charge in [0.05, 0.1) is 0 Å². The summed E-state index contributed by atoms with van der Waals surface area (Å²) in [6.07, 6.45) is 10.7. The molecule has 3 aromatic heterocycles. The number of likely N-dealkylation sites (tertiary alicyclic amines) is 1. The molecule has 142 valence electrons. The smallest absolute Gasteiger partial charge is 0.156 e. The van der Waals surface area contributed by atoms with Crippen molar-refractivity contribution in [2.45, 2.75) is 25.8 Å². The number of fused-ring (bicyclic) bond motifs is 1. The van der Waals surface area contributed by atoms with Crippen LogP contribution in [0.4, 0.5) is 0 Å². The molecular formula is C22H24N6. The van der Waals surface area contributed by atoms with Crippen LogP contribution in [-0.4, -0.2) is 42.9 Å². The lowest BCUT2D eigenvalue weighted by Crippen LogP contribution is -2.35. The van der Waals surface area contributed by atoms with Crippen molar-refractivity contribution in [2.24, 2.45) is 5.92 Å². The molecule has 1 aliphatic heterocycles. The zero-order valence-electron chi connectivity index (χ0n) is 15.8. The molecule has 0 radical (unpaired) electrons. The molecule has 0 spiro atoms. The van der Waals surface area contributed by atoms with E-state index in [1.165, 1.54) is 35.9 Å². The van der Waals surface area contributed by atoms with Crippen molar-refractivity contribution >= 4 is 10.9 Å². The number of hydrogen-bond donors (Lipinski definition) is 2. The van der Waals surface area contributed by atoms with Gasteiger partial charge in [-0.3, -0.25) is 4.90 Å². The average Bonchev–Trinajstić information content (AvgIpc) is 3.41. The number of H-pyrrole nitrogens is 2. The molecule has 1 atom stereocenters. The van der Waals surface area contributed by atoms with Gasteiger partial charge in [-0.15, -0.1) is 0 Å². The first-order chi connectivity index (χ1) is 13.8. The van der Waals surface area contributed by atoms with Gasteiger partial charge >= 0.3 is 0 Å². The first-order valence-electron chi connectivity index (χ1n) is 9.93. The number of aromatic nitrogens is 5. The monoisotopic (exact) mass is 372 g/mol. The van der Waals surface area contributed by atoms with E-state index in [1.54, 1.807) is 12.5 Å². The summed E-state index contributed by atoms with van der Waals surface area (Å²) in [7, 11) is 0. The number of aromatic amines is 2. The number of piperidine rings is 1. The van der Waals surface area contributed by atoms with Gasteiger partial charge in [-0.2, -0.15) is 0 Å². The number of benzene rings is 1. The molecular weight excluding hydrogens is 348 g/mol. The first kappa shape index (κ1) is 17.1. The molecule has 0 saturated carbocycles. The van der Waals surface area contributed by atoms with E-state index in [0.717, 1.165) is 36.7 Å². The summed E-state index contributed by atoms with van der Waals surface area (Å²) in [6.45, 7) is 3.28. The van der Waals surface area contributed by atoms with Gasteiger partial charge in [-0.1, -0.05) is 12.1 Å². The molecule has 28 heavy (non-hydrogen) atoms. The van der Waals surface area contributed by atoms with Gasteiger partial charge < -0.3 is 9.97 Å². The summed E-state index contributed by atoms with van der Waals surface area (Å²) >= 11 is 0. The predicted octanol–water partition coefficient (Wildman–Crippen LogP) is 3.80. The molecule has 1 aromatic carbocycles. The summed E-state index contributed by atoms with van der Waals surface area (Å²) in [4.78, 5) is 22.2. The van der Waals surface area contributed by atoms with Crippen LogP contribution in [0.2, 0.25) is 0 Å². The Morgan fingerprint density at radius 3 is 3.00 bits per heavy atom. The van der Waals surface area contributed by atoms with Crippen LogP contribution in [0.25, 0.3) is 22.4 Å². The van der Waals surface area contributed by atoms with Gasteiger partial charge in [-0.05, 0) is 55.5 Å². The number of imidazole rings is 1. The SMILES string of the molecule is c1cc(CN2CCCC(Cc3cc(-c4ncc[nH]4)ncn3)C2)c2cc[nH]c2c1. The van der Waals surface area contributed by atoms with Crippen LogP contribution in [0, 0.1) is 5.92 Å². The van der Waals surface area contributed by atoms with Crippen LogP contribution >= 0.6 is 0 Å². The van der Waals surface area contributed by atoms with Crippen molar-refractivity contribution in [1.82, 2.24) is 29.8 Å². The fraction of sp³-hybridized carbons (Fsp3) is 0.318. The zero-order chi connectivity index (χ0) is 18.8. The second kappa shape index (κ2) is 7.56. The fourth-order valence-corrected chi connectivity index (χ4v) is 4.33. The topological polar surface area (TPSA) is 73.5 Å². The molecule has 0 aliphatic carbocycles. The maximum Gasteiger partial charge on any atom is 0.156 e. The van der Waals surface area contributed by atoms with Gasteiger partial charge in [-0.25, -0.2) is 15.0 Å². The van der Waals surface area contributed by atoms with Gasteiger partial charge in [0.25, 0.3) is 0 Å². The summed E-state index contributed by atoms with van der Waals surface area (Å²) in [5, 5.41) is 1.34. The van der Waals surface area contributed by atoms with Gasteiger partial charge in [0, 0.05) is 48.3 Å². The lowest BCUT2D eigenvalue weighted by Gasteiger charge is -2.32. The molecule has 6 heteroatoms. The minimum atomic E-state index is 0.624. The largest absolute Gasteiger partial charge is 0.361 e. The second-order valence-electron chi connectivity index (χ2n) is 7.64. The lowest BCUT2D eigenvalue weighted by atomic mass is 9.92. The Hall–Kier alpha value is -2.99. The predicted molar refractivity (Wildman–Crippen MR) is 110 cm³/mol. The fourth-order valence-electron chi connectivity index (χ4n) is 4.33. The quantitative estimate of drug-likeness (QED) is 0.559. The molecule has 4 aromatic rings. The van der Waals surface area contributed by atoms with Gasteiger partial charge in [0.15, 0.2) is 5.82 Å². The highest BCUT2D eigenvalue weighted by atomic mass is 15.1. The van der Waals surface area contributed by atoms with Crippen LogP contribution in [0.15, 0.2) is 55.2 Å². The van der Waals surface area contributed by atoms with E-state index in [1.807, 2.05) is 12.4 Å². The third kappa shape index (κ3) is 3.55. The van der Waals surface area contributed by atoms with Gasteiger partial charge in [0.1, 0.15) is 12.0 Å². The molecule has 1 saturated heterocycles. The number of nitrogens with zero attached hydrogens (tertiary/aromatic N) is 4. The highest BCUT2D eigenvalue weighted by Gasteiger charge is 2.21. The van der Waals surface area contributed by atoms with Crippen molar-refractivity contribution in [3.8, 4) is 11.5 Å². The third-order valence-electron chi connectivity index (χ3n) is 5.64. The molecule has 1 unspecified atom stereocenters. The Bertz CT molecular complexity index is 1050. The summed E-state index contributed by atoms with van der Waals surface area (Å²) in [6, 6.07) is 10.8. The molecule has 1 aliphatic rings. The van der Waals surface area contributed by atoms with E-state index in [4.69, 9.17) is 0 Å². The average molecular weight is 372 g/mol.